The monoisotopic (exact) mass is 276 g/mol. The van der Waals surface area contributed by atoms with Gasteiger partial charge in [-0.15, -0.1) is 0 Å². The van der Waals surface area contributed by atoms with Gasteiger partial charge in [0.2, 0.25) is 0 Å². The van der Waals surface area contributed by atoms with Gasteiger partial charge in [-0.3, -0.25) is 9.97 Å². The van der Waals surface area contributed by atoms with Gasteiger partial charge in [-0.25, -0.2) is 0 Å². The first kappa shape index (κ1) is 14.5. The van der Waals surface area contributed by atoms with Gasteiger partial charge in [-0.1, -0.05) is 0 Å². The van der Waals surface area contributed by atoms with Gasteiger partial charge in [-0.2, -0.15) is 0 Å². The van der Waals surface area contributed by atoms with Crippen LogP contribution in [0.3, 0.4) is 0 Å². The summed E-state index contributed by atoms with van der Waals surface area (Å²) >= 11 is 0. The van der Waals surface area contributed by atoms with E-state index in [4.69, 9.17) is 15.2 Å². The second-order valence-electron chi connectivity index (χ2n) is 4.43. The quantitative estimate of drug-likeness (QED) is 0.594. The van der Waals surface area contributed by atoms with E-state index in [1.165, 1.54) is 0 Å². The second-order valence-corrected chi connectivity index (χ2v) is 4.43. The lowest BCUT2D eigenvalue weighted by Crippen LogP contribution is -2.15. The first-order valence-electron chi connectivity index (χ1n) is 6.55. The van der Waals surface area contributed by atoms with E-state index in [9.17, 15) is 0 Å². The first-order valence-corrected chi connectivity index (χ1v) is 6.55. The Bertz CT molecular complexity index is 558. The number of hydrogen-bond acceptors (Lipinski definition) is 6. The van der Waals surface area contributed by atoms with Crippen molar-refractivity contribution in [2.24, 2.45) is 0 Å². The lowest BCUT2D eigenvalue weighted by molar-refractivity contribution is -0.106. The molecule has 0 aliphatic heterocycles. The van der Waals surface area contributed by atoms with Crippen molar-refractivity contribution in [3.05, 3.63) is 24.5 Å². The van der Waals surface area contributed by atoms with Gasteiger partial charge in [0.05, 0.1) is 23.1 Å². The average molecular weight is 276 g/mol. The number of methoxy groups -OCH3 is 2. The van der Waals surface area contributed by atoms with Crippen molar-refractivity contribution in [2.75, 3.05) is 31.8 Å². The van der Waals surface area contributed by atoms with Crippen molar-refractivity contribution >= 4 is 22.4 Å². The summed E-state index contributed by atoms with van der Waals surface area (Å²) in [5, 5.41) is 3.27. The lowest BCUT2D eigenvalue weighted by atomic mass is 10.2. The number of nitrogens with one attached hydrogen (secondary N) is 1. The molecule has 0 spiro atoms. The number of aromatic nitrogens is 2. The maximum atomic E-state index is 6.10. The summed E-state index contributed by atoms with van der Waals surface area (Å²) < 4.78 is 10.3. The Morgan fingerprint density at radius 3 is 2.85 bits per heavy atom. The molecule has 0 bridgehead atoms. The Kier molecular flexibility index (Phi) is 5.09. The van der Waals surface area contributed by atoms with E-state index in [0.717, 1.165) is 36.1 Å². The minimum Gasteiger partial charge on any atom is -0.395 e. The molecule has 0 saturated heterocycles. The predicted molar refractivity (Wildman–Crippen MR) is 79.5 cm³/mol. The van der Waals surface area contributed by atoms with Gasteiger partial charge in [0, 0.05) is 27.0 Å². The summed E-state index contributed by atoms with van der Waals surface area (Å²) in [6.45, 7) is 0.771. The van der Waals surface area contributed by atoms with Gasteiger partial charge in [0.15, 0.2) is 6.29 Å². The number of nitrogen functional groups attached to an aromatic ring is 1. The second kappa shape index (κ2) is 7.02. The zero-order chi connectivity index (χ0) is 14.4. The Labute approximate surface area is 118 Å². The van der Waals surface area contributed by atoms with E-state index >= 15 is 0 Å². The van der Waals surface area contributed by atoms with Crippen LogP contribution in [-0.2, 0) is 9.47 Å². The highest BCUT2D eigenvalue weighted by atomic mass is 16.7. The molecule has 2 rings (SSSR count). The lowest BCUT2D eigenvalue weighted by Gasteiger charge is -2.14. The average Bonchev–Trinajstić information content (AvgIpc) is 2.50. The third-order valence-electron chi connectivity index (χ3n) is 3.12. The number of nitrogens with two attached hydrogens (primary N) is 1. The summed E-state index contributed by atoms with van der Waals surface area (Å²) in [5.74, 6) is 0. The van der Waals surface area contributed by atoms with E-state index in [-0.39, 0.29) is 6.29 Å². The van der Waals surface area contributed by atoms with Crippen molar-refractivity contribution in [2.45, 2.75) is 19.1 Å². The van der Waals surface area contributed by atoms with Crippen LogP contribution in [0.15, 0.2) is 24.5 Å². The molecule has 0 radical (unpaired) electrons. The Morgan fingerprint density at radius 2 is 2.10 bits per heavy atom. The van der Waals surface area contributed by atoms with Crippen molar-refractivity contribution in [1.82, 2.24) is 9.97 Å². The number of pyridine rings is 2. The van der Waals surface area contributed by atoms with Gasteiger partial charge in [0.25, 0.3) is 0 Å². The molecule has 20 heavy (non-hydrogen) atoms. The fraction of sp³-hybridized carbons (Fsp3) is 0.429. The van der Waals surface area contributed by atoms with Crippen LogP contribution in [0.2, 0.25) is 0 Å². The summed E-state index contributed by atoms with van der Waals surface area (Å²) in [4.78, 5) is 8.59. The first-order chi connectivity index (χ1) is 9.76. The van der Waals surface area contributed by atoms with Crippen LogP contribution < -0.4 is 11.1 Å². The zero-order valence-corrected chi connectivity index (χ0v) is 11.8. The molecule has 0 unspecified atom stereocenters. The molecule has 6 nitrogen and oxygen atoms in total. The van der Waals surface area contributed by atoms with E-state index in [1.54, 1.807) is 26.6 Å². The van der Waals surface area contributed by atoms with Crippen LogP contribution in [0.4, 0.5) is 11.4 Å². The number of ether oxygens (including phenoxy) is 2. The molecular formula is C14H20N4O2. The highest BCUT2D eigenvalue weighted by molar-refractivity contribution is 5.92. The summed E-state index contributed by atoms with van der Waals surface area (Å²) in [6.07, 6.45) is 5.02. The maximum absolute atomic E-state index is 6.10. The summed E-state index contributed by atoms with van der Waals surface area (Å²) in [5.41, 5.74) is 9.06. The van der Waals surface area contributed by atoms with Crippen LogP contribution in [0.5, 0.6) is 0 Å². The zero-order valence-electron chi connectivity index (χ0n) is 11.8. The van der Waals surface area contributed by atoms with Gasteiger partial charge >= 0.3 is 0 Å². The molecule has 6 heteroatoms. The molecule has 0 saturated carbocycles. The number of fused-ring (bicyclic) bond motifs is 1. The topological polar surface area (TPSA) is 82.3 Å². The van der Waals surface area contributed by atoms with Crippen molar-refractivity contribution in [1.29, 1.82) is 0 Å². The molecule has 0 aliphatic rings. The van der Waals surface area contributed by atoms with Crippen molar-refractivity contribution in [3.63, 3.8) is 0 Å². The smallest absolute Gasteiger partial charge is 0.156 e. The molecule has 2 heterocycles. The fourth-order valence-electron chi connectivity index (χ4n) is 2.00. The number of rotatable bonds is 7. The largest absolute Gasteiger partial charge is 0.395 e. The van der Waals surface area contributed by atoms with Gasteiger partial charge in [0.1, 0.15) is 5.52 Å². The van der Waals surface area contributed by atoms with Crippen LogP contribution in [0, 0.1) is 0 Å². The fourth-order valence-corrected chi connectivity index (χ4v) is 2.00. The van der Waals surface area contributed by atoms with Crippen LogP contribution in [-0.4, -0.2) is 37.0 Å². The van der Waals surface area contributed by atoms with Gasteiger partial charge < -0.3 is 20.5 Å². The number of anilines is 2. The summed E-state index contributed by atoms with van der Waals surface area (Å²) in [7, 11) is 3.27. The Balaban J connectivity index is 1.95. The minimum atomic E-state index is -0.162. The van der Waals surface area contributed by atoms with Gasteiger partial charge in [-0.05, 0) is 25.0 Å². The SMILES string of the molecule is COC(CCCNc1cnc2cccnc2c1N)OC. The molecule has 0 aliphatic carbocycles. The van der Waals surface area contributed by atoms with E-state index in [1.807, 2.05) is 12.1 Å². The normalized spacial score (nSPS) is 11.2. The molecule has 0 fully saturated rings. The highest BCUT2D eigenvalue weighted by Crippen LogP contribution is 2.24. The maximum Gasteiger partial charge on any atom is 0.156 e. The Hall–Kier alpha value is -1.92. The number of nitrogens with zero attached hydrogens (tertiary/aromatic N) is 2. The third-order valence-corrected chi connectivity index (χ3v) is 3.12. The highest BCUT2D eigenvalue weighted by Gasteiger charge is 2.07. The summed E-state index contributed by atoms with van der Waals surface area (Å²) in [6, 6.07) is 3.74. The third kappa shape index (κ3) is 3.34. The standard InChI is InChI=1S/C14H20N4O2/c1-19-12(20-2)6-4-7-16-11-9-18-10-5-3-8-17-14(10)13(11)15/h3,5,8-9,12,16H,4,6-7H2,1-2H3,(H2,15,18). The van der Waals surface area contributed by atoms with Crippen LogP contribution in [0.25, 0.3) is 11.0 Å². The Morgan fingerprint density at radius 1 is 1.30 bits per heavy atom. The molecule has 0 atom stereocenters. The van der Waals surface area contributed by atoms with Crippen molar-refractivity contribution in [3.8, 4) is 0 Å². The molecule has 108 valence electrons. The molecule has 3 N–H and O–H groups in total. The molecule has 2 aromatic rings. The van der Waals surface area contributed by atoms with E-state index in [0.29, 0.717) is 5.69 Å². The molecule has 2 aromatic heterocycles. The predicted octanol–water partition coefficient (Wildman–Crippen LogP) is 2.02. The van der Waals surface area contributed by atoms with Crippen LogP contribution >= 0.6 is 0 Å². The van der Waals surface area contributed by atoms with E-state index in [2.05, 4.69) is 15.3 Å². The molecular weight excluding hydrogens is 256 g/mol. The van der Waals surface area contributed by atoms with Crippen LogP contribution in [0.1, 0.15) is 12.8 Å². The van der Waals surface area contributed by atoms with E-state index < -0.39 is 0 Å². The minimum absolute atomic E-state index is 0.162. The number of hydrogen-bond donors (Lipinski definition) is 2. The molecule has 0 amide bonds. The molecule has 0 aromatic carbocycles. The van der Waals surface area contributed by atoms with Crippen molar-refractivity contribution < 1.29 is 9.47 Å².